The molecular formula is C16H28Cl4Pt2. The van der Waals surface area contributed by atoms with Crippen LogP contribution in [-0.4, -0.2) is 5.38 Å². The molecule has 0 radical (unpaired) electrons. The Balaban J connectivity index is -0.000000144. The number of halogens is 4. The Labute approximate surface area is 186 Å². The van der Waals surface area contributed by atoms with Gasteiger partial charge in [-0.1, -0.05) is 93.3 Å². The van der Waals surface area contributed by atoms with Gasteiger partial charge in [-0.15, -0.1) is 18.2 Å². The normalized spacial score (nSPS) is 10.3. The predicted molar refractivity (Wildman–Crippen MR) is 97.3 cm³/mol. The van der Waals surface area contributed by atoms with E-state index in [0.717, 1.165) is 19.3 Å². The number of allylic oxidation sites excluding steroid dienone is 2. The summed E-state index contributed by atoms with van der Waals surface area (Å²) in [5.74, 6) is 0. The Morgan fingerprint density at radius 1 is 0.909 bits per heavy atom. The van der Waals surface area contributed by atoms with Gasteiger partial charge in [-0.05, 0) is 19.3 Å². The fourth-order valence-corrected chi connectivity index (χ4v) is 2.28. The molecule has 0 aromatic heterocycles. The molecule has 0 spiro atoms. The van der Waals surface area contributed by atoms with Crippen molar-refractivity contribution in [3.8, 4) is 0 Å². The van der Waals surface area contributed by atoms with Crippen molar-refractivity contribution in [1.82, 2.24) is 0 Å². The van der Waals surface area contributed by atoms with Gasteiger partial charge in [0.15, 0.2) is 0 Å². The molecule has 0 heterocycles. The molecule has 22 heavy (non-hydrogen) atoms. The smallest absolute Gasteiger partial charge is 0.117 e. The second-order valence-electron chi connectivity index (χ2n) is 4.71. The van der Waals surface area contributed by atoms with Crippen molar-refractivity contribution in [2.24, 2.45) is 0 Å². The monoisotopic (exact) mass is 750 g/mol. The maximum Gasteiger partial charge on any atom is 0.122 e. The second-order valence-corrected chi connectivity index (χ2v) is 6.59. The van der Waals surface area contributed by atoms with E-state index in [-0.39, 0.29) is 52.0 Å². The molecule has 0 aliphatic rings. The van der Waals surface area contributed by atoms with E-state index in [0.29, 0.717) is 5.03 Å². The van der Waals surface area contributed by atoms with E-state index in [1.165, 1.54) is 38.5 Å². The van der Waals surface area contributed by atoms with Crippen molar-refractivity contribution in [2.75, 3.05) is 0 Å². The molecule has 1 unspecified atom stereocenters. The van der Waals surface area contributed by atoms with Crippen LogP contribution >= 0.6 is 46.4 Å². The molecule has 6 heteroatoms. The van der Waals surface area contributed by atoms with Crippen LogP contribution in [0.5, 0.6) is 0 Å². The van der Waals surface area contributed by atoms with Crippen LogP contribution in [0.4, 0.5) is 0 Å². The Kier molecular flexibility index (Phi) is 36.5. The summed E-state index contributed by atoms with van der Waals surface area (Å²) >= 11 is 22.6. The Bertz CT molecular complexity index is 255. The van der Waals surface area contributed by atoms with Crippen molar-refractivity contribution in [1.29, 1.82) is 0 Å². The first-order valence-corrected chi connectivity index (χ1v) is 9.03. The average Bonchev–Trinajstić information content (AvgIpc) is 2.43. The summed E-state index contributed by atoms with van der Waals surface area (Å²) in [6.07, 6.45) is 12.8. The minimum Gasteiger partial charge on any atom is -0.117 e. The van der Waals surface area contributed by atoms with Crippen LogP contribution in [-0.2, 0) is 42.1 Å². The topological polar surface area (TPSA) is 0 Å². The fraction of sp³-hybridized carbons (Fsp3) is 0.750. The maximum absolute atomic E-state index is 5.90. The van der Waals surface area contributed by atoms with E-state index < -0.39 is 0 Å². The van der Waals surface area contributed by atoms with Crippen molar-refractivity contribution in [2.45, 2.75) is 77.0 Å². The SMILES string of the molecule is C=CCCCCCC.CCCCCC(Cl)C(Cl)=C(Cl)Cl.[Pt].[Pt]. The number of hydrogen-bond acceptors (Lipinski definition) is 0. The van der Waals surface area contributed by atoms with Crippen LogP contribution in [0.1, 0.15) is 71.6 Å². The molecule has 0 N–H and O–H groups in total. The van der Waals surface area contributed by atoms with Crippen LogP contribution in [0, 0.1) is 0 Å². The molecule has 0 aliphatic heterocycles. The third-order valence-electron chi connectivity index (χ3n) is 2.78. The van der Waals surface area contributed by atoms with Crippen LogP contribution in [0.3, 0.4) is 0 Å². The maximum atomic E-state index is 5.90. The zero-order chi connectivity index (χ0) is 15.8. The molecule has 140 valence electrons. The van der Waals surface area contributed by atoms with Gasteiger partial charge in [0.05, 0.1) is 10.4 Å². The Hall–Kier alpha value is 2.02. The molecule has 1 atom stereocenters. The molecule has 0 saturated heterocycles. The van der Waals surface area contributed by atoms with Gasteiger partial charge in [0, 0.05) is 42.1 Å². The van der Waals surface area contributed by atoms with Crippen molar-refractivity contribution >= 4 is 46.4 Å². The predicted octanol–water partition coefficient (Wildman–Crippen LogP) is 8.20. The van der Waals surface area contributed by atoms with Crippen LogP contribution < -0.4 is 0 Å². The largest absolute Gasteiger partial charge is 0.122 e. The third kappa shape index (κ3) is 24.3. The molecule has 0 aliphatic carbocycles. The molecule has 0 aromatic carbocycles. The number of unbranched alkanes of at least 4 members (excludes halogenated alkanes) is 6. The first-order chi connectivity index (χ1) is 9.51. The summed E-state index contributed by atoms with van der Waals surface area (Å²) in [7, 11) is 0. The first-order valence-electron chi connectivity index (χ1n) is 7.46. The summed E-state index contributed by atoms with van der Waals surface area (Å²) in [6, 6.07) is 0. The van der Waals surface area contributed by atoms with Gasteiger partial charge in [-0.25, -0.2) is 0 Å². The van der Waals surface area contributed by atoms with Crippen LogP contribution in [0.25, 0.3) is 0 Å². The average molecular weight is 752 g/mol. The minimum absolute atomic E-state index is 0. The zero-order valence-electron chi connectivity index (χ0n) is 13.4. The molecule has 0 aromatic rings. The van der Waals surface area contributed by atoms with E-state index in [9.17, 15) is 0 Å². The molecule has 0 saturated carbocycles. The fourth-order valence-electron chi connectivity index (χ4n) is 1.53. The summed E-state index contributed by atoms with van der Waals surface area (Å²) in [4.78, 5) is 0. The van der Waals surface area contributed by atoms with Crippen LogP contribution in [0.15, 0.2) is 22.2 Å². The first kappa shape index (κ1) is 31.8. The van der Waals surface area contributed by atoms with E-state index in [1.807, 2.05) is 6.08 Å². The number of rotatable bonds is 10. The van der Waals surface area contributed by atoms with Crippen molar-refractivity contribution in [3.63, 3.8) is 0 Å². The van der Waals surface area contributed by atoms with Gasteiger partial charge in [-0.2, -0.15) is 0 Å². The Morgan fingerprint density at radius 3 is 1.82 bits per heavy atom. The standard InChI is InChI=1S/C8H12Cl4.C8H16.2Pt/c1-2-3-4-5-6(9)7(10)8(11)12;1-3-5-7-8-6-4-2;;/h6H,2-5H2,1H3;3H,1,4-8H2,2H3;;. The molecule has 0 amide bonds. The van der Waals surface area contributed by atoms with E-state index >= 15 is 0 Å². The van der Waals surface area contributed by atoms with Gasteiger partial charge >= 0.3 is 0 Å². The van der Waals surface area contributed by atoms with Crippen molar-refractivity contribution < 1.29 is 42.1 Å². The summed E-state index contributed by atoms with van der Waals surface area (Å²) in [5.41, 5.74) is 0. The molecule has 0 fully saturated rings. The van der Waals surface area contributed by atoms with Gasteiger partial charge in [-0.3, -0.25) is 0 Å². The van der Waals surface area contributed by atoms with Gasteiger partial charge in [0.1, 0.15) is 4.49 Å². The van der Waals surface area contributed by atoms with Crippen molar-refractivity contribution in [3.05, 3.63) is 22.2 Å². The minimum atomic E-state index is -0.233. The summed E-state index contributed by atoms with van der Waals surface area (Å²) < 4.78 is 0.0770. The molecule has 0 bridgehead atoms. The summed E-state index contributed by atoms with van der Waals surface area (Å²) in [6.45, 7) is 8.02. The molecular weight excluding hydrogens is 724 g/mol. The zero-order valence-corrected chi connectivity index (χ0v) is 20.9. The Morgan fingerprint density at radius 2 is 1.41 bits per heavy atom. The van der Waals surface area contributed by atoms with Crippen LogP contribution in [0.2, 0.25) is 0 Å². The van der Waals surface area contributed by atoms with Gasteiger partial charge in [0.2, 0.25) is 0 Å². The molecule has 0 rings (SSSR count). The summed E-state index contributed by atoms with van der Waals surface area (Å²) in [5, 5.41) is 0.124. The molecule has 0 nitrogen and oxygen atoms in total. The van der Waals surface area contributed by atoms with Gasteiger partial charge < -0.3 is 0 Å². The third-order valence-corrected chi connectivity index (χ3v) is 4.38. The second kappa shape index (κ2) is 25.3. The van der Waals surface area contributed by atoms with E-state index in [1.54, 1.807) is 0 Å². The number of alkyl halides is 1. The van der Waals surface area contributed by atoms with Gasteiger partial charge in [0.25, 0.3) is 0 Å². The van der Waals surface area contributed by atoms with E-state index in [2.05, 4.69) is 20.4 Å². The quantitative estimate of drug-likeness (QED) is 0.120. The van der Waals surface area contributed by atoms with E-state index in [4.69, 9.17) is 46.4 Å². The number of hydrogen-bond donors (Lipinski definition) is 0.